The van der Waals surface area contributed by atoms with Crippen LogP contribution in [0.1, 0.15) is 89.7 Å². The minimum Gasteiger partial charge on any atom is -0.497 e. The van der Waals surface area contributed by atoms with Crippen LogP contribution in [0.3, 0.4) is 0 Å². The highest BCUT2D eigenvalue weighted by Crippen LogP contribution is 2.48. The molecule has 0 bridgehead atoms. The second kappa shape index (κ2) is 15.8. The summed E-state index contributed by atoms with van der Waals surface area (Å²) in [6, 6.07) is 22.1. The first-order valence-corrected chi connectivity index (χ1v) is 17.1. The number of alkyl halides is 1. The molecule has 0 aliphatic heterocycles. The molecular formula is C40H67ClF2N2O3. The molecule has 6 rings (SSSR count). The average molecular weight is 738 g/mol. The average Bonchev–Trinajstić information content (AvgIpc) is 4.38. The summed E-state index contributed by atoms with van der Waals surface area (Å²) in [5.74, 6) is 2.46. The summed E-state index contributed by atoms with van der Waals surface area (Å²) in [4.78, 5) is 4.42. The van der Waals surface area contributed by atoms with E-state index in [1.54, 1.807) is 38.5 Å². The summed E-state index contributed by atoms with van der Waals surface area (Å²) in [6.45, 7) is -0.0152. The van der Waals surface area contributed by atoms with Gasteiger partial charge in [0.2, 0.25) is 0 Å². The fourth-order valence-corrected chi connectivity index (χ4v) is 6.96. The van der Waals surface area contributed by atoms with Crippen LogP contribution in [0.25, 0.3) is 22.3 Å². The van der Waals surface area contributed by atoms with Gasteiger partial charge >= 0.3 is 0 Å². The van der Waals surface area contributed by atoms with Gasteiger partial charge in [-0.25, -0.2) is 8.78 Å². The number of aliphatic hydroxyl groups excluding tert-OH is 1. The van der Waals surface area contributed by atoms with Crippen molar-refractivity contribution in [3.05, 3.63) is 107 Å². The number of benzene rings is 4. The second-order valence-electron chi connectivity index (χ2n) is 13.3. The molecule has 2 aliphatic rings. The summed E-state index contributed by atoms with van der Waals surface area (Å²) in [5, 5.41) is 9.53. The number of rotatable bonds is 12. The van der Waals surface area contributed by atoms with Crippen molar-refractivity contribution in [1.29, 1.82) is 0 Å². The summed E-state index contributed by atoms with van der Waals surface area (Å²) in [5.41, 5.74) is 7.05. The molecule has 276 valence electrons. The van der Waals surface area contributed by atoms with Gasteiger partial charge in [0, 0.05) is 58.8 Å². The van der Waals surface area contributed by atoms with Gasteiger partial charge in [-0.05, 0) is 135 Å². The minimum absolute atomic E-state index is 0.0152. The molecule has 2 unspecified atom stereocenters. The quantitative estimate of drug-likeness (QED) is 0.147. The van der Waals surface area contributed by atoms with Crippen LogP contribution in [0.5, 0.6) is 11.5 Å². The lowest BCUT2D eigenvalue weighted by atomic mass is 9.90. The maximum atomic E-state index is 14.5. The number of halogens is 3. The maximum Gasteiger partial charge on any atom is 0.131 e. The monoisotopic (exact) mass is 737 g/mol. The van der Waals surface area contributed by atoms with Gasteiger partial charge < -0.3 is 24.4 Å². The molecule has 2 fully saturated rings. The number of methoxy groups -OCH3 is 2. The maximum absolute atomic E-state index is 14.5. The van der Waals surface area contributed by atoms with Crippen molar-refractivity contribution in [2.45, 2.75) is 50.3 Å². The predicted molar refractivity (Wildman–Crippen MR) is 212 cm³/mol. The van der Waals surface area contributed by atoms with Crippen LogP contribution >= 0.6 is 11.6 Å². The van der Waals surface area contributed by atoms with Crippen LogP contribution < -0.4 is 9.47 Å². The number of hydrogen-bond donors (Lipinski definition) is 1. The van der Waals surface area contributed by atoms with E-state index in [9.17, 15) is 13.9 Å². The molecule has 0 amide bonds. The Morgan fingerprint density at radius 2 is 1.10 bits per heavy atom. The highest BCUT2D eigenvalue weighted by Gasteiger charge is 2.36. The van der Waals surface area contributed by atoms with E-state index in [1.807, 2.05) is 30.3 Å². The number of ether oxygens (including phenoxy) is 2. The summed E-state index contributed by atoms with van der Waals surface area (Å²) >= 11 is 6.05. The van der Waals surface area contributed by atoms with Crippen molar-refractivity contribution in [2.75, 3.05) is 42.4 Å². The van der Waals surface area contributed by atoms with E-state index in [0.717, 1.165) is 33.4 Å². The summed E-state index contributed by atoms with van der Waals surface area (Å²) < 4.78 is 140. The predicted octanol–water partition coefficient (Wildman–Crippen LogP) is 11.7. The molecule has 0 heterocycles. The van der Waals surface area contributed by atoms with Crippen molar-refractivity contribution in [3.8, 4) is 33.8 Å². The van der Waals surface area contributed by atoms with Crippen molar-refractivity contribution in [2.24, 2.45) is 11.8 Å². The third-order valence-electron chi connectivity index (χ3n) is 9.38. The molecular weight excluding hydrogens is 630 g/mol. The van der Waals surface area contributed by atoms with Gasteiger partial charge in [-0.15, -0.1) is 11.6 Å². The molecule has 2 aliphatic carbocycles. The van der Waals surface area contributed by atoms with Crippen molar-refractivity contribution >= 4 is 11.6 Å². The smallest absolute Gasteiger partial charge is 0.131 e. The SMILES string of the molecule is COc1ccc(F)c(-c2ccc(CCl)cc2C(C2CC2)N(C)C)c1.COc1ccc(F)c(-c2ccc(CO)cc2C(C2CC2)N(C)C)c1.[3H][3H].[3H][3H].[3H][3H].[3H][3H].[3H][3H].[3H][3H].[3H][3H].[3H][3H].[3H][3H].[3H][3H]. The molecule has 48 heavy (non-hydrogen) atoms. The van der Waals surface area contributed by atoms with Gasteiger partial charge in [0.05, 0.1) is 20.8 Å². The molecule has 0 radical (unpaired) electrons. The van der Waals surface area contributed by atoms with Crippen LogP contribution in [0.4, 0.5) is 8.78 Å². The Bertz CT molecular complexity index is 1630. The highest BCUT2D eigenvalue weighted by atomic mass is 35.5. The van der Waals surface area contributed by atoms with Crippen molar-refractivity contribution < 1.29 is 53.1 Å². The fraction of sp³-hybridized carbons (Fsp3) is 0.400. The van der Waals surface area contributed by atoms with Gasteiger partial charge in [0.1, 0.15) is 23.1 Å². The molecule has 2 saturated carbocycles. The molecule has 8 heteroatoms. The first-order chi connectivity index (χ1) is 33.1. The Kier molecular flexibility index (Phi) is 8.11. The van der Waals surface area contributed by atoms with E-state index < -0.39 is 0 Å². The van der Waals surface area contributed by atoms with Crippen molar-refractivity contribution in [1.82, 2.24) is 9.80 Å². The normalized spacial score (nSPS) is 17.2. The van der Waals surface area contributed by atoms with Crippen LogP contribution in [-0.2, 0) is 12.5 Å². The molecule has 2 atom stereocenters. The Labute approximate surface area is 319 Å². The van der Waals surface area contributed by atoms with E-state index in [1.165, 1.54) is 37.8 Å². The largest absolute Gasteiger partial charge is 0.497 e. The van der Waals surface area contributed by atoms with E-state index in [-0.39, 0.29) is 30.3 Å². The zero-order valence-corrected chi connectivity index (χ0v) is 29.5. The summed E-state index contributed by atoms with van der Waals surface area (Å²) in [6.07, 6.45) is 4.81. The molecule has 0 spiro atoms. The second-order valence-corrected chi connectivity index (χ2v) is 13.6. The van der Waals surface area contributed by atoms with E-state index in [0.29, 0.717) is 40.3 Å². The van der Waals surface area contributed by atoms with Gasteiger partial charge in [0.15, 0.2) is 0 Å². The van der Waals surface area contributed by atoms with Gasteiger partial charge in [-0.3, -0.25) is 0 Å². The van der Waals surface area contributed by atoms with Gasteiger partial charge in [-0.2, -0.15) is 0 Å². The summed E-state index contributed by atoms with van der Waals surface area (Å²) in [7, 11) is 11.5. The Morgan fingerprint density at radius 1 is 0.688 bits per heavy atom. The molecule has 4 aromatic rings. The highest BCUT2D eigenvalue weighted by molar-refractivity contribution is 6.17. The van der Waals surface area contributed by atoms with E-state index in [4.69, 9.17) is 50.8 Å². The fourth-order valence-electron chi connectivity index (χ4n) is 6.79. The Morgan fingerprint density at radius 3 is 1.46 bits per heavy atom. The van der Waals surface area contributed by atoms with Crippen LogP contribution in [0.15, 0.2) is 72.8 Å². The first-order valence-electron chi connectivity index (χ1n) is 26.5. The number of aliphatic hydroxyl groups is 1. The van der Waals surface area contributed by atoms with E-state index >= 15 is 0 Å². The molecule has 0 saturated heterocycles. The molecule has 4 aromatic carbocycles. The Balaban J connectivity index is -0.000000207. The van der Waals surface area contributed by atoms with Crippen LogP contribution in [0.2, 0.25) is 0 Å². The van der Waals surface area contributed by atoms with Crippen molar-refractivity contribution in [3.63, 3.8) is 0 Å². The lowest BCUT2D eigenvalue weighted by Gasteiger charge is -2.28. The van der Waals surface area contributed by atoms with Crippen LogP contribution in [0, 0.1) is 23.5 Å². The topological polar surface area (TPSA) is 45.2 Å². The lowest BCUT2D eigenvalue weighted by molar-refractivity contribution is 0.267. The standard InChI is InChI=1S/C20H23ClFNO.C20H24FNO2.10H2/c1-23(2)20(14-5-6-14)18-10-13(12-21)4-8-16(18)17-11-15(24-3)7-9-19(17)22;1-22(2)20(14-5-6-14)18-10-13(12-23)4-8-16(18)17-11-15(24-3)7-9-19(17)21;;;;;;;;;;/h4,7-11,14,20H,5-6,12H2,1-3H3;4,7-11,14,20,23H,5-6,12H2,1-3H3;10*1H/i;;10*1+2T. The van der Waals surface area contributed by atoms with Gasteiger partial charge in [-0.1, -0.05) is 36.4 Å². The molecule has 5 nitrogen and oxygen atoms in total. The third-order valence-corrected chi connectivity index (χ3v) is 9.69. The van der Waals surface area contributed by atoms with E-state index in [2.05, 4.69) is 44.1 Å². The first kappa shape index (κ1) is 24.6. The van der Waals surface area contributed by atoms with Crippen LogP contribution in [-0.4, -0.2) is 57.3 Å². The Hall–Kier alpha value is -3.49. The number of hydrogen-bond acceptors (Lipinski definition) is 5. The lowest BCUT2D eigenvalue weighted by Crippen LogP contribution is -2.22. The molecule has 1 N–H and O–H groups in total. The van der Waals surface area contributed by atoms with Gasteiger partial charge in [0.25, 0.3) is 0 Å². The molecule has 0 aromatic heterocycles. The number of nitrogens with zero attached hydrogens (tertiary/aromatic N) is 2. The minimum atomic E-state index is -0.262. The zero-order chi connectivity index (χ0) is 54.5. The zero-order valence-electron chi connectivity index (χ0n) is 48.8. The third kappa shape index (κ3) is 8.20.